The molecular weight excluding hydrogens is 232 g/mol. The summed E-state index contributed by atoms with van der Waals surface area (Å²) in [6, 6.07) is -0.584. The number of carbonyl (C=O) groups is 2. The molecule has 0 saturated heterocycles. The Bertz CT molecular complexity index is 288. The second-order valence-electron chi connectivity index (χ2n) is 4.99. The van der Waals surface area contributed by atoms with Crippen molar-refractivity contribution in [3.8, 4) is 0 Å². The van der Waals surface area contributed by atoms with Gasteiger partial charge in [-0.2, -0.15) is 0 Å². The van der Waals surface area contributed by atoms with Gasteiger partial charge in [-0.05, 0) is 18.8 Å². The summed E-state index contributed by atoms with van der Waals surface area (Å²) in [7, 11) is 1.34. The van der Waals surface area contributed by atoms with E-state index in [1.54, 1.807) is 0 Å². The molecule has 104 valence electrons. The third-order valence-corrected chi connectivity index (χ3v) is 3.65. The fourth-order valence-electron chi connectivity index (χ4n) is 2.23. The molecule has 2 atom stereocenters. The van der Waals surface area contributed by atoms with Crippen LogP contribution in [0.2, 0.25) is 0 Å². The molecule has 1 aliphatic carbocycles. The highest BCUT2D eigenvalue weighted by atomic mass is 16.5. The largest absolute Gasteiger partial charge is 0.467 e. The lowest BCUT2D eigenvalue weighted by atomic mass is 9.99. The highest BCUT2D eigenvalue weighted by Crippen LogP contribution is 2.17. The zero-order valence-electron chi connectivity index (χ0n) is 11.5. The molecule has 0 unspecified atom stereocenters. The minimum atomic E-state index is -0.568. The molecule has 0 aromatic heterocycles. The molecule has 0 aromatic rings. The van der Waals surface area contributed by atoms with Crippen molar-refractivity contribution in [1.29, 1.82) is 0 Å². The van der Waals surface area contributed by atoms with E-state index in [9.17, 15) is 9.59 Å². The Hall–Kier alpha value is -1.26. The maximum Gasteiger partial charge on any atom is 0.328 e. The molecule has 0 radical (unpaired) electrons. The summed E-state index contributed by atoms with van der Waals surface area (Å²) in [5, 5.41) is 5.63. The van der Waals surface area contributed by atoms with E-state index in [4.69, 9.17) is 4.74 Å². The predicted octanol–water partition coefficient (Wildman–Crippen LogP) is 1.82. The Morgan fingerprint density at radius 3 is 2.44 bits per heavy atom. The number of rotatable bonds is 5. The fraction of sp³-hybridized carbons (Fsp3) is 0.846. The number of methoxy groups -OCH3 is 1. The molecule has 0 spiro atoms. The molecule has 2 amide bonds. The lowest BCUT2D eigenvalue weighted by Gasteiger charge is -2.23. The summed E-state index contributed by atoms with van der Waals surface area (Å²) in [6.45, 7) is 3.91. The summed E-state index contributed by atoms with van der Waals surface area (Å²) in [5.41, 5.74) is 0. The van der Waals surface area contributed by atoms with Crippen LogP contribution in [-0.2, 0) is 9.53 Å². The van der Waals surface area contributed by atoms with E-state index in [-0.39, 0.29) is 24.0 Å². The smallest absolute Gasteiger partial charge is 0.328 e. The van der Waals surface area contributed by atoms with E-state index in [0.29, 0.717) is 0 Å². The normalized spacial score (nSPS) is 19.1. The van der Waals surface area contributed by atoms with Gasteiger partial charge in [0.15, 0.2) is 0 Å². The quantitative estimate of drug-likeness (QED) is 0.737. The Morgan fingerprint density at radius 2 is 1.94 bits per heavy atom. The molecule has 0 aromatic carbocycles. The van der Waals surface area contributed by atoms with E-state index < -0.39 is 6.04 Å². The number of ether oxygens (including phenoxy) is 1. The monoisotopic (exact) mass is 256 g/mol. The van der Waals surface area contributed by atoms with Crippen LogP contribution in [0.5, 0.6) is 0 Å². The fourth-order valence-corrected chi connectivity index (χ4v) is 2.23. The Kier molecular flexibility index (Phi) is 5.95. The van der Waals surface area contributed by atoms with Gasteiger partial charge in [-0.3, -0.25) is 0 Å². The first kappa shape index (κ1) is 14.8. The van der Waals surface area contributed by atoms with Crippen LogP contribution in [-0.4, -0.2) is 31.2 Å². The van der Waals surface area contributed by atoms with Gasteiger partial charge >= 0.3 is 12.0 Å². The molecule has 1 rings (SSSR count). The Balaban J connectivity index is 2.48. The molecule has 0 aliphatic heterocycles. The average molecular weight is 256 g/mol. The van der Waals surface area contributed by atoms with E-state index in [0.717, 1.165) is 32.1 Å². The van der Waals surface area contributed by atoms with Crippen molar-refractivity contribution in [2.75, 3.05) is 7.11 Å². The van der Waals surface area contributed by atoms with Crippen LogP contribution in [0.15, 0.2) is 0 Å². The summed E-state index contributed by atoms with van der Waals surface area (Å²) >= 11 is 0. The van der Waals surface area contributed by atoms with Gasteiger partial charge in [-0.25, -0.2) is 9.59 Å². The SMILES string of the molecule is CC[C@H](C)[C@@H](NC(=O)NC1CCCC1)C(=O)OC. The molecule has 1 saturated carbocycles. The zero-order chi connectivity index (χ0) is 13.5. The Morgan fingerprint density at radius 1 is 1.33 bits per heavy atom. The van der Waals surface area contributed by atoms with Crippen LogP contribution in [0.3, 0.4) is 0 Å². The number of hydrogen-bond donors (Lipinski definition) is 2. The first-order valence-electron chi connectivity index (χ1n) is 6.73. The molecule has 18 heavy (non-hydrogen) atoms. The van der Waals surface area contributed by atoms with Crippen LogP contribution >= 0.6 is 0 Å². The topological polar surface area (TPSA) is 67.4 Å². The third-order valence-electron chi connectivity index (χ3n) is 3.65. The van der Waals surface area contributed by atoms with Crippen LogP contribution in [0.4, 0.5) is 4.79 Å². The molecule has 0 bridgehead atoms. The van der Waals surface area contributed by atoms with Gasteiger partial charge in [0.2, 0.25) is 0 Å². The zero-order valence-corrected chi connectivity index (χ0v) is 11.5. The van der Waals surface area contributed by atoms with Crippen molar-refractivity contribution in [2.24, 2.45) is 5.92 Å². The molecule has 5 heteroatoms. The number of nitrogens with one attached hydrogen (secondary N) is 2. The van der Waals surface area contributed by atoms with Crippen molar-refractivity contribution in [2.45, 2.75) is 58.0 Å². The van der Waals surface area contributed by atoms with E-state index in [2.05, 4.69) is 10.6 Å². The molecule has 1 aliphatic rings. The first-order chi connectivity index (χ1) is 8.58. The maximum atomic E-state index is 11.8. The van der Waals surface area contributed by atoms with Crippen LogP contribution in [0.25, 0.3) is 0 Å². The van der Waals surface area contributed by atoms with Crippen LogP contribution in [0, 0.1) is 5.92 Å². The number of urea groups is 1. The third kappa shape index (κ3) is 4.20. The first-order valence-corrected chi connectivity index (χ1v) is 6.73. The van der Waals surface area contributed by atoms with Crippen molar-refractivity contribution in [3.63, 3.8) is 0 Å². The van der Waals surface area contributed by atoms with E-state index in [1.165, 1.54) is 7.11 Å². The van der Waals surface area contributed by atoms with Gasteiger partial charge in [-0.1, -0.05) is 33.1 Å². The van der Waals surface area contributed by atoms with Gasteiger partial charge in [0.1, 0.15) is 6.04 Å². The molecule has 5 nitrogen and oxygen atoms in total. The highest BCUT2D eigenvalue weighted by Gasteiger charge is 2.27. The van der Waals surface area contributed by atoms with Crippen molar-refractivity contribution >= 4 is 12.0 Å². The van der Waals surface area contributed by atoms with Crippen LogP contribution in [0.1, 0.15) is 46.0 Å². The summed E-state index contributed by atoms with van der Waals surface area (Å²) in [6.07, 6.45) is 5.19. The highest BCUT2D eigenvalue weighted by molar-refractivity contribution is 5.83. The average Bonchev–Trinajstić information content (AvgIpc) is 2.86. The Labute approximate surface area is 109 Å². The molecular formula is C13H24N2O3. The standard InChI is InChI=1S/C13H24N2O3/c1-4-9(2)11(12(16)18-3)15-13(17)14-10-7-5-6-8-10/h9-11H,4-8H2,1-3H3,(H2,14,15,17)/t9-,11+/m0/s1. The number of amides is 2. The van der Waals surface area contributed by atoms with Gasteiger partial charge in [0.05, 0.1) is 7.11 Å². The second kappa shape index (κ2) is 7.24. The van der Waals surface area contributed by atoms with Gasteiger partial charge < -0.3 is 15.4 Å². The lowest BCUT2D eigenvalue weighted by Crippen LogP contribution is -2.51. The molecule has 1 fully saturated rings. The summed E-state index contributed by atoms with van der Waals surface area (Å²) in [4.78, 5) is 23.4. The number of carbonyl (C=O) groups excluding carboxylic acids is 2. The van der Waals surface area contributed by atoms with Gasteiger partial charge in [0, 0.05) is 6.04 Å². The maximum absolute atomic E-state index is 11.8. The van der Waals surface area contributed by atoms with Crippen molar-refractivity contribution < 1.29 is 14.3 Å². The minimum absolute atomic E-state index is 0.0618. The minimum Gasteiger partial charge on any atom is -0.467 e. The van der Waals surface area contributed by atoms with Crippen molar-refractivity contribution in [1.82, 2.24) is 10.6 Å². The molecule has 2 N–H and O–H groups in total. The lowest BCUT2D eigenvalue weighted by molar-refractivity contribution is -0.144. The van der Waals surface area contributed by atoms with Gasteiger partial charge in [0.25, 0.3) is 0 Å². The molecule has 0 heterocycles. The van der Waals surface area contributed by atoms with E-state index in [1.807, 2.05) is 13.8 Å². The summed E-state index contributed by atoms with van der Waals surface area (Å²) in [5.74, 6) is -0.322. The number of esters is 1. The number of hydrogen-bond acceptors (Lipinski definition) is 3. The predicted molar refractivity (Wildman–Crippen MR) is 69.2 cm³/mol. The second-order valence-corrected chi connectivity index (χ2v) is 4.99. The van der Waals surface area contributed by atoms with E-state index >= 15 is 0 Å². The van der Waals surface area contributed by atoms with Crippen LogP contribution < -0.4 is 10.6 Å². The summed E-state index contributed by atoms with van der Waals surface area (Å²) < 4.78 is 4.72. The van der Waals surface area contributed by atoms with Crippen molar-refractivity contribution in [3.05, 3.63) is 0 Å². The van der Waals surface area contributed by atoms with Gasteiger partial charge in [-0.15, -0.1) is 0 Å².